The van der Waals surface area contributed by atoms with Crippen LogP contribution in [0.5, 0.6) is 0 Å². The molecule has 6 nitrogen and oxygen atoms in total. The third kappa shape index (κ3) is 1.64. The first-order valence-corrected chi connectivity index (χ1v) is 2.81. The van der Waals surface area contributed by atoms with E-state index in [4.69, 9.17) is 5.21 Å². The second-order valence-corrected chi connectivity index (χ2v) is 1.82. The molecule has 0 bridgehead atoms. The number of rotatable bonds is 2. The van der Waals surface area contributed by atoms with Crippen molar-refractivity contribution in [2.24, 2.45) is 0 Å². The quantitative estimate of drug-likeness (QED) is 0.423. The monoisotopic (exact) mass is 148 g/mol. The summed E-state index contributed by atoms with van der Waals surface area (Å²) in [7, 11) is 0. The van der Waals surface area contributed by atoms with E-state index in [1.54, 1.807) is 0 Å². The van der Waals surface area contributed by atoms with E-state index in [0.29, 0.717) is 13.0 Å². The van der Waals surface area contributed by atoms with Crippen LogP contribution in [0.15, 0.2) is 0 Å². The smallest absolute Gasteiger partial charge is 0.344 e. The van der Waals surface area contributed by atoms with E-state index < -0.39 is 12.0 Å². The zero-order valence-electron chi connectivity index (χ0n) is 5.16. The van der Waals surface area contributed by atoms with E-state index in [9.17, 15) is 4.79 Å². The summed E-state index contributed by atoms with van der Waals surface area (Å²) in [6, 6.07) is -0.473. The third-order valence-electron chi connectivity index (χ3n) is 1.16. The highest BCUT2D eigenvalue weighted by atomic mass is 16.9. The van der Waals surface area contributed by atoms with Crippen LogP contribution in [0.1, 0.15) is 6.42 Å². The van der Waals surface area contributed by atoms with Crippen molar-refractivity contribution < 1.29 is 19.7 Å². The fraction of sp³-hybridized carbons (Fsp3) is 0.750. The molecule has 1 atom stereocenters. The molecule has 58 valence electrons. The zero-order valence-corrected chi connectivity index (χ0v) is 5.16. The zero-order chi connectivity index (χ0) is 7.40. The molecule has 0 aromatic carbocycles. The highest BCUT2D eigenvalue weighted by Gasteiger charge is 2.24. The average molecular weight is 148 g/mol. The van der Waals surface area contributed by atoms with Gasteiger partial charge in [-0.25, -0.2) is 4.79 Å². The maximum Gasteiger partial charge on any atom is 0.346 e. The van der Waals surface area contributed by atoms with Crippen LogP contribution >= 0.6 is 0 Å². The van der Waals surface area contributed by atoms with Crippen molar-refractivity contribution >= 4 is 5.97 Å². The standard InChI is InChI=1S/C4H8N2O4/c7-4(10-6-8)3-1-2-9-5-3/h3,5-6,8H,1-2H2. The van der Waals surface area contributed by atoms with Crippen LogP contribution in [0.4, 0.5) is 0 Å². The van der Waals surface area contributed by atoms with Crippen LogP contribution in [0.25, 0.3) is 0 Å². The maximum atomic E-state index is 10.7. The topological polar surface area (TPSA) is 79.8 Å². The van der Waals surface area contributed by atoms with Gasteiger partial charge in [0.15, 0.2) is 0 Å². The fourth-order valence-corrected chi connectivity index (χ4v) is 0.677. The lowest BCUT2D eigenvalue weighted by Gasteiger charge is -2.04. The van der Waals surface area contributed by atoms with Gasteiger partial charge in [0.1, 0.15) is 6.04 Å². The molecule has 0 aromatic heterocycles. The molecule has 1 aliphatic heterocycles. The molecule has 6 heteroatoms. The number of nitrogens with one attached hydrogen (secondary N) is 2. The first kappa shape index (κ1) is 7.42. The summed E-state index contributed by atoms with van der Waals surface area (Å²) in [5.41, 5.74) is 3.71. The van der Waals surface area contributed by atoms with E-state index in [2.05, 4.69) is 15.2 Å². The molecule has 1 saturated heterocycles. The van der Waals surface area contributed by atoms with Gasteiger partial charge in [0.25, 0.3) is 0 Å². The summed E-state index contributed by atoms with van der Waals surface area (Å²) in [6.07, 6.45) is 0.556. The molecule has 0 spiro atoms. The van der Waals surface area contributed by atoms with Gasteiger partial charge in [0.05, 0.1) is 6.61 Å². The highest BCUT2D eigenvalue weighted by molar-refractivity contribution is 5.75. The normalized spacial score (nSPS) is 24.7. The summed E-state index contributed by atoms with van der Waals surface area (Å²) in [5, 5.41) is 7.94. The van der Waals surface area contributed by atoms with Crippen LogP contribution in [-0.4, -0.2) is 23.8 Å². The number of carbonyl (C=O) groups is 1. The van der Waals surface area contributed by atoms with Crippen molar-refractivity contribution in [3.8, 4) is 0 Å². The maximum absolute atomic E-state index is 10.7. The Morgan fingerprint density at radius 1 is 1.90 bits per heavy atom. The molecule has 1 fully saturated rings. The number of hydrogen-bond donors (Lipinski definition) is 3. The molecule has 1 aliphatic rings. The number of hydroxylamine groups is 1. The minimum atomic E-state index is -0.583. The van der Waals surface area contributed by atoms with Crippen molar-refractivity contribution in [3.05, 3.63) is 0 Å². The Bertz CT molecular complexity index is 122. The molecule has 0 aromatic rings. The summed E-state index contributed by atoms with van der Waals surface area (Å²) >= 11 is 0. The molecule has 0 radical (unpaired) electrons. The Balaban J connectivity index is 2.25. The Morgan fingerprint density at radius 2 is 2.70 bits per heavy atom. The highest BCUT2D eigenvalue weighted by Crippen LogP contribution is 2.01. The number of carbonyl (C=O) groups excluding carboxylic acids is 1. The van der Waals surface area contributed by atoms with Crippen molar-refractivity contribution in [1.82, 2.24) is 11.1 Å². The second kappa shape index (κ2) is 3.47. The van der Waals surface area contributed by atoms with Crippen molar-refractivity contribution in [2.75, 3.05) is 6.61 Å². The minimum Gasteiger partial charge on any atom is -0.344 e. The van der Waals surface area contributed by atoms with Crippen LogP contribution < -0.4 is 11.1 Å². The molecule has 1 rings (SSSR count). The molecule has 0 saturated carbocycles. The lowest BCUT2D eigenvalue weighted by molar-refractivity contribution is -0.180. The molecule has 1 heterocycles. The van der Waals surface area contributed by atoms with Gasteiger partial charge in [-0.3, -0.25) is 5.21 Å². The molecule has 1 unspecified atom stereocenters. The van der Waals surface area contributed by atoms with Gasteiger partial charge in [-0.05, 0) is 5.64 Å². The van der Waals surface area contributed by atoms with Crippen molar-refractivity contribution in [2.45, 2.75) is 12.5 Å². The van der Waals surface area contributed by atoms with E-state index in [-0.39, 0.29) is 0 Å². The summed E-state index contributed by atoms with van der Waals surface area (Å²) in [4.78, 5) is 19.4. The molecule has 0 aliphatic carbocycles. The van der Waals surface area contributed by atoms with E-state index in [0.717, 1.165) is 0 Å². The van der Waals surface area contributed by atoms with Gasteiger partial charge in [-0.15, -0.1) is 0 Å². The van der Waals surface area contributed by atoms with E-state index in [1.165, 1.54) is 5.64 Å². The average Bonchev–Trinajstić information content (AvgIpc) is 2.38. The first-order chi connectivity index (χ1) is 4.84. The first-order valence-electron chi connectivity index (χ1n) is 2.81. The van der Waals surface area contributed by atoms with Crippen molar-refractivity contribution in [3.63, 3.8) is 0 Å². The van der Waals surface area contributed by atoms with E-state index in [1.807, 2.05) is 0 Å². The third-order valence-corrected chi connectivity index (χ3v) is 1.16. The van der Waals surface area contributed by atoms with Gasteiger partial charge in [0.2, 0.25) is 0 Å². The predicted octanol–water partition coefficient (Wildman–Crippen LogP) is -1.28. The van der Waals surface area contributed by atoms with Crippen LogP contribution in [0.3, 0.4) is 0 Å². The Morgan fingerprint density at radius 3 is 3.20 bits per heavy atom. The Kier molecular flexibility index (Phi) is 2.57. The summed E-state index contributed by atoms with van der Waals surface area (Å²) in [6.45, 7) is 0.477. The van der Waals surface area contributed by atoms with Gasteiger partial charge < -0.3 is 9.68 Å². The minimum absolute atomic E-state index is 0.473. The fourth-order valence-electron chi connectivity index (χ4n) is 0.677. The molecule has 0 amide bonds. The molecular formula is C4H8N2O4. The van der Waals surface area contributed by atoms with Gasteiger partial charge in [0, 0.05) is 6.42 Å². The molecular weight excluding hydrogens is 140 g/mol. The van der Waals surface area contributed by atoms with Crippen molar-refractivity contribution in [1.29, 1.82) is 0 Å². The van der Waals surface area contributed by atoms with E-state index >= 15 is 0 Å². The summed E-state index contributed by atoms with van der Waals surface area (Å²) in [5.74, 6) is -0.583. The van der Waals surface area contributed by atoms with Gasteiger partial charge in [-0.2, -0.15) is 5.48 Å². The van der Waals surface area contributed by atoms with Crippen LogP contribution in [0.2, 0.25) is 0 Å². The molecule has 3 N–H and O–H groups in total. The lowest BCUT2D eigenvalue weighted by Crippen LogP contribution is -2.34. The predicted molar refractivity (Wildman–Crippen MR) is 28.5 cm³/mol. The van der Waals surface area contributed by atoms with Gasteiger partial charge in [-0.1, -0.05) is 0 Å². The number of hydrogen-bond acceptors (Lipinski definition) is 6. The van der Waals surface area contributed by atoms with Crippen LogP contribution in [0, 0.1) is 0 Å². The summed E-state index contributed by atoms with van der Waals surface area (Å²) < 4.78 is 0. The Labute approximate surface area is 57.0 Å². The van der Waals surface area contributed by atoms with Gasteiger partial charge >= 0.3 is 5.97 Å². The van der Waals surface area contributed by atoms with Crippen LogP contribution in [-0.2, 0) is 14.5 Å². The SMILES string of the molecule is O=C(ONO)C1CCON1. The Hall–Kier alpha value is -0.690. The largest absolute Gasteiger partial charge is 0.346 e. The second-order valence-electron chi connectivity index (χ2n) is 1.82. The molecule has 10 heavy (non-hydrogen) atoms. The lowest BCUT2D eigenvalue weighted by atomic mass is 10.2.